The van der Waals surface area contributed by atoms with Crippen LogP contribution in [-0.4, -0.2) is 30.3 Å². The number of aromatic nitrogens is 3. The maximum Gasteiger partial charge on any atom is 0.352 e. The molecule has 0 saturated carbocycles. The van der Waals surface area contributed by atoms with Crippen LogP contribution in [0.1, 0.15) is 42.5 Å². The molecule has 2 heterocycles. The van der Waals surface area contributed by atoms with Crippen LogP contribution in [0.3, 0.4) is 0 Å². The van der Waals surface area contributed by atoms with E-state index in [2.05, 4.69) is 5.10 Å². The van der Waals surface area contributed by atoms with Gasteiger partial charge in [0, 0.05) is 18.3 Å². The lowest BCUT2D eigenvalue weighted by Crippen LogP contribution is -2.10. The number of hydrogen-bond donors (Lipinski definition) is 1. The molecule has 2 rings (SSSR count). The summed E-state index contributed by atoms with van der Waals surface area (Å²) in [6, 6.07) is 3.08. The van der Waals surface area contributed by atoms with Crippen molar-refractivity contribution in [2.75, 3.05) is 0 Å². The highest BCUT2D eigenvalue weighted by Gasteiger charge is 2.19. The second kappa shape index (κ2) is 5.78. The first kappa shape index (κ1) is 14.8. The Morgan fingerprint density at radius 2 is 2.29 bits per heavy atom. The first-order chi connectivity index (χ1) is 9.92. The van der Waals surface area contributed by atoms with Crippen LogP contribution in [0.4, 0.5) is 5.69 Å². The molecule has 0 aromatic carbocycles. The highest BCUT2D eigenvalue weighted by Crippen LogP contribution is 2.18. The number of nitrogens with zero attached hydrogens (tertiary/aromatic N) is 4. The number of carboxylic acids is 1. The Labute approximate surface area is 120 Å². The summed E-state index contributed by atoms with van der Waals surface area (Å²) in [4.78, 5) is 21.3. The lowest BCUT2D eigenvalue weighted by atomic mass is 10.3. The molecular weight excluding hydrogens is 276 g/mol. The molecule has 1 N–H and O–H groups in total. The first-order valence-electron chi connectivity index (χ1n) is 6.54. The molecule has 2 aromatic heterocycles. The summed E-state index contributed by atoms with van der Waals surface area (Å²) in [5.74, 6) is -1.20. The highest BCUT2D eigenvalue weighted by molar-refractivity contribution is 5.86. The molecule has 0 saturated heterocycles. The molecule has 1 unspecified atom stereocenters. The number of rotatable bonds is 6. The molecule has 0 bridgehead atoms. The van der Waals surface area contributed by atoms with Gasteiger partial charge in [0.15, 0.2) is 0 Å². The van der Waals surface area contributed by atoms with E-state index in [9.17, 15) is 14.9 Å². The van der Waals surface area contributed by atoms with Crippen LogP contribution in [0.5, 0.6) is 0 Å². The number of nitro groups is 1. The van der Waals surface area contributed by atoms with Gasteiger partial charge in [-0.15, -0.1) is 0 Å². The number of hydrogen-bond acceptors (Lipinski definition) is 4. The molecule has 0 spiro atoms. The van der Waals surface area contributed by atoms with Gasteiger partial charge in [-0.2, -0.15) is 5.10 Å². The lowest BCUT2D eigenvalue weighted by Gasteiger charge is -2.08. The van der Waals surface area contributed by atoms with Gasteiger partial charge < -0.3 is 9.67 Å². The van der Waals surface area contributed by atoms with Crippen LogP contribution < -0.4 is 0 Å². The fourth-order valence-electron chi connectivity index (χ4n) is 1.97. The van der Waals surface area contributed by atoms with Gasteiger partial charge in [0.2, 0.25) is 0 Å². The van der Waals surface area contributed by atoms with E-state index in [1.165, 1.54) is 10.8 Å². The van der Waals surface area contributed by atoms with Gasteiger partial charge in [-0.05, 0) is 19.4 Å². The van der Waals surface area contributed by atoms with Crippen molar-refractivity contribution in [2.45, 2.75) is 32.9 Å². The van der Waals surface area contributed by atoms with Gasteiger partial charge in [0.05, 0.1) is 23.4 Å². The van der Waals surface area contributed by atoms with Gasteiger partial charge in [0.25, 0.3) is 5.69 Å². The van der Waals surface area contributed by atoms with Gasteiger partial charge in [-0.25, -0.2) is 4.79 Å². The molecule has 0 amide bonds. The third-order valence-corrected chi connectivity index (χ3v) is 3.35. The van der Waals surface area contributed by atoms with Gasteiger partial charge in [0.1, 0.15) is 5.69 Å². The zero-order valence-corrected chi connectivity index (χ0v) is 11.8. The van der Waals surface area contributed by atoms with E-state index < -0.39 is 10.9 Å². The Morgan fingerprint density at radius 1 is 1.57 bits per heavy atom. The summed E-state index contributed by atoms with van der Waals surface area (Å²) in [6.45, 7) is 4.25. The monoisotopic (exact) mass is 292 g/mol. The minimum absolute atomic E-state index is 0.125. The summed E-state index contributed by atoms with van der Waals surface area (Å²) in [6.07, 6.45) is 3.96. The SMILES string of the molecule is CCC(C)n1ccc(Cn2cc([N+](=O)[O-])cc2C(=O)O)n1. The number of carbonyl (C=O) groups is 1. The van der Waals surface area contributed by atoms with E-state index in [1.807, 2.05) is 20.0 Å². The van der Waals surface area contributed by atoms with E-state index in [1.54, 1.807) is 10.7 Å². The quantitative estimate of drug-likeness (QED) is 0.650. The van der Waals surface area contributed by atoms with E-state index in [4.69, 9.17) is 5.11 Å². The largest absolute Gasteiger partial charge is 0.477 e. The molecule has 0 fully saturated rings. The maximum absolute atomic E-state index is 11.1. The molecule has 21 heavy (non-hydrogen) atoms. The van der Waals surface area contributed by atoms with Crippen molar-refractivity contribution in [3.8, 4) is 0 Å². The minimum Gasteiger partial charge on any atom is -0.477 e. The van der Waals surface area contributed by atoms with Gasteiger partial charge in [-0.1, -0.05) is 6.92 Å². The van der Waals surface area contributed by atoms with Crippen LogP contribution in [0.2, 0.25) is 0 Å². The van der Waals surface area contributed by atoms with Gasteiger partial charge >= 0.3 is 5.97 Å². The maximum atomic E-state index is 11.1. The topological polar surface area (TPSA) is 103 Å². The third-order valence-electron chi connectivity index (χ3n) is 3.35. The molecule has 8 nitrogen and oxygen atoms in total. The van der Waals surface area contributed by atoms with Crippen molar-refractivity contribution < 1.29 is 14.8 Å². The van der Waals surface area contributed by atoms with E-state index in [0.717, 1.165) is 12.5 Å². The zero-order chi connectivity index (χ0) is 15.6. The van der Waals surface area contributed by atoms with Crippen molar-refractivity contribution >= 4 is 11.7 Å². The van der Waals surface area contributed by atoms with Crippen molar-refractivity contribution in [3.05, 3.63) is 46.0 Å². The first-order valence-corrected chi connectivity index (χ1v) is 6.54. The standard InChI is InChI=1S/C13H16N4O4/c1-3-9(2)16-5-4-10(14-16)7-15-8-11(17(20)21)6-12(15)13(18)19/h4-6,8-9H,3,7H2,1-2H3,(H,18,19). The third kappa shape index (κ3) is 3.10. The fourth-order valence-corrected chi connectivity index (χ4v) is 1.97. The van der Waals surface area contributed by atoms with Crippen molar-refractivity contribution in [2.24, 2.45) is 0 Å². The number of aromatic carboxylic acids is 1. The average Bonchev–Trinajstić information content (AvgIpc) is 3.05. The molecule has 2 aromatic rings. The van der Waals surface area contributed by atoms with Crippen LogP contribution in [0.15, 0.2) is 24.5 Å². The normalized spacial score (nSPS) is 12.3. The summed E-state index contributed by atoms with van der Waals surface area (Å²) in [5, 5.41) is 24.2. The Balaban J connectivity index is 2.28. The Morgan fingerprint density at radius 3 is 2.86 bits per heavy atom. The minimum atomic E-state index is -1.20. The smallest absolute Gasteiger partial charge is 0.352 e. The molecule has 0 aliphatic rings. The molecular formula is C13H16N4O4. The van der Waals surface area contributed by atoms with Crippen molar-refractivity contribution in [1.82, 2.24) is 14.3 Å². The van der Waals surface area contributed by atoms with Crippen molar-refractivity contribution in [1.29, 1.82) is 0 Å². The summed E-state index contributed by atoms with van der Waals surface area (Å²) < 4.78 is 3.12. The predicted octanol–water partition coefficient (Wildman–Crippen LogP) is 2.31. The van der Waals surface area contributed by atoms with Gasteiger partial charge in [-0.3, -0.25) is 14.8 Å². The van der Waals surface area contributed by atoms with Crippen LogP contribution in [0.25, 0.3) is 0 Å². The summed E-state index contributed by atoms with van der Waals surface area (Å²) >= 11 is 0. The Bertz CT molecular complexity index is 674. The average molecular weight is 292 g/mol. The van der Waals surface area contributed by atoms with Crippen LogP contribution in [-0.2, 0) is 6.54 Å². The summed E-state index contributed by atoms with van der Waals surface area (Å²) in [7, 11) is 0. The number of carboxylic acid groups (broad SMARTS) is 1. The van der Waals surface area contributed by atoms with Crippen LogP contribution in [0, 0.1) is 10.1 Å². The van der Waals surface area contributed by atoms with E-state index in [-0.39, 0.29) is 24.0 Å². The summed E-state index contributed by atoms with van der Waals surface area (Å²) in [5.41, 5.74) is 0.289. The zero-order valence-electron chi connectivity index (χ0n) is 11.8. The molecule has 0 radical (unpaired) electrons. The Hall–Kier alpha value is -2.64. The second-order valence-electron chi connectivity index (χ2n) is 4.82. The fraction of sp³-hybridized carbons (Fsp3) is 0.385. The molecule has 0 aliphatic heterocycles. The highest BCUT2D eigenvalue weighted by atomic mass is 16.6. The predicted molar refractivity (Wildman–Crippen MR) is 74.4 cm³/mol. The Kier molecular flexibility index (Phi) is 4.06. The lowest BCUT2D eigenvalue weighted by molar-refractivity contribution is -0.384. The molecule has 0 aliphatic carbocycles. The van der Waals surface area contributed by atoms with Crippen LogP contribution >= 0.6 is 0 Å². The van der Waals surface area contributed by atoms with E-state index in [0.29, 0.717) is 5.69 Å². The second-order valence-corrected chi connectivity index (χ2v) is 4.82. The molecule has 8 heteroatoms. The molecule has 1 atom stereocenters. The van der Waals surface area contributed by atoms with E-state index >= 15 is 0 Å². The molecule has 112 valence electrons. The van der Waals surface area contributed by atoms with Crippen molar-refractivity contribution in [3.63, 3.8) is 0 Å².